The summed E-state index contributed by atoms with van der Waals surface area (Å²) < 4.78 is 5.54. The van der Waals surface area contributed by atoms with E-state index in [1.807, 2.05) is 0 Å². The molecule has 2 rings (SSSR count). The van der Waals surface area contributed by atoms with Crippen LogP contribution in [0.15, 0.2) is 0 Å². The van der Waals surface area contributed by atoms with Crippen LogP contribution in [0, 0.1) is 5.92 Å². The third-order valence-corrected chi connectivity index (χ3v) is 5.28. The highest BCUT2D eigenvalue weighted by Crippen LogP contribution is 2.22. The third kappa shape index (κ3) is 4.93. The molecule has 5 heteroatoms. The first-order chi connectivity index (χ1) is 10.7. The van der Waals surface area contributed by atoms with Gasteiger partial charge in [0.15, 0.2) is 0 Å². The number of unbranched alkanes of at least 4 members (excludes halogenated alkanes) is 1. The molecule has 0 saturated carbocycles. The van der Waals surface area contributed by atoms with Crippen molar-refractivity contribution in [1.29, 1.82) is 0 Å². The van der Waals surface area contributed by atoms with Crippen LogP contribution in [0.1, 0.15) is 45.4 Å². The molecule has 0 aromatic heterocycles. The highest BCUT2D eigenvalue weighted by Gasteiger charge is 2.39. The largest absolute Gasteiger partial charge is 0.368 e. The van der Waals surface area contributed by atoms with E-state index in [4.69, 9.17) is 4.74 Å². The summed E-state index contributed by atoms with van der Waals surface area (Å²) in [6.45, 7) is 8.48. The molecule has 1 amide bonds. The molecule has 0 spiro atoms. The van der Waals surface area contributed by atoms with Crippen LogP contribution in [-0.4, -0.2) is 62.8 Å². The monoisotopic (exact) mass is 311 g/mol. The number of rotatable bonds is 7. The van der Waals surface area contributed by atoms with Gasteiger partial charge in [-0.05, 0) is 77.2 Å². The summed E-state index contributed by atoms with van der Waals surface area (Å²) in [6.07, 6.45) is 6.41. The zero-order chi connectivity index (χ0) is 15.8. The van der Waals surface area contributed by atoms with Gasteiger partial charge in [0, 0.05) is 13.7 Å². The number of nitrogens with zero attached hydrogens (tertiary/aromatic N) is 1. The lowest BCUT2D eigenvalue weighted by Gasteiger charge is -2.34. The fourth-order valence-corrected chi connectivity index (χ4v) is 3.46. The molecule has 22 heavy (non-hydrogen) atoms. The van der Waals surface area contributed by atoms with E-state index >= 15 is 0 Å². The maximum atomic E-state index is 12.4. The Morgan fingerprint density at radius 1 is 1.27 bits per heavy atom. The second-order valence-corrected chi connectivity index (χ2v) is 6.94. The van der Waals surface area contributed by atoms with Gasteiger partial charge in [0.2, 0.25) is 0 Å². The van der Waals surface area contributed by atoms with Crippen molar-refractivity contribution in [1.82, 2.24) is 15.5 Å². The summed E-state index contributed by atoms with van der Waals surface area (Å²) in [7, 11) is 1.66. The number of methoxy groups -OCH3 is 1. The van der Waals surface area contributed by atoms with Gasteiger partial charge in [0.1, 0.15) is 5.60 Å². The molecule has 0 radical (unpaired) electrons. The van der Waals surface area contributed by atoms with Crippen molar-refractivity contribution in [3.05, 3.63) is 0 Å². The van der Waals surface area contributed by atoms with Crippen molar-refractivity contribution >= 4 is 5.91 Å². The summed E-state index contributed by atoms with van der Waals surface area (Å²) in [5.41, 5.74) is -0.603. The number of amides is 1. The third-order valence-electron chi connectivity index (χ3n) is 5.28. The molecule has 0 atom stereocenters. The average Bonchev–Trinajstić information content (AvgIpc) is 2.56. The van der Waals surface area contributed by atoms with Gasteiger partial charge in [-0.15, -0.1) is 0 Å². The van der Waals surface area contributed by atoms with Crippen LogP contribution in [0.2, 0.25) is 0 Å². The van der Waals surface area contributed by atoms with Crippen LogP contribution in [-0.2, 0) is 9.53 Å². The average molecular weight is 311 g/mol. The lowest BCUT2D eigenvalue weighted by Crippen LogP contribution is -2.54. The van der Waals surface area contributed by atoms with Gasteiger partial charge in [0.05, 0.1) is 0 Å². The standard InChI is InChI=1S/C17H33N3O2/c1-15-5-13-20(14-6-15)12-4-3-9-19-16(21)17(22-2)7-10-18-11-8-17/h15,18H,3-14H2,1-2H3,(H,19,21). The second-order valence-electron chi connectivity index (χ2n) is 6.94. The maximum Gasteiger partial charge on any atom is 0.252 e. The van der Waals surface area contributed by atoms with Gasteiger partial charge in [-0.3, -0.25) is 4.79 Å². The van der Waals surface area contributed by atoms with E-state index in [0.717, 1.165) is 51.2 Å². The Balaban J connectivity index is 1.58. The van der Waals surface area contributed by atoms with Crippen LogP contribution >= 0.6 is 0 Å². The highest BCUT2D eigenvalue weighted by molar-refractivity contribution is 5.85. The van der Waals surface area contributed by atoms with Crippen LogP contribution in [0.4, 0.5) is 0 Å². The predicted molar refractivity (Wildman–Crippen MR) is 88.9 cm³/mol. The topological polar surface area (TPSA) is 53.6 Å². The van der Waals surface area contributed by atoms with Gasteiger partial charge in [-0.1, -0.05) is 6.92 Å². The number of carbonyl (C=O) groups is 1. The zero-order valence-corrected chi connectivity index (χ0v) is 14.3. The van der Waals surface area contributed by atoms with Crippen molar-refractivity contribution in [3.8, 4) is 0 Å². The molecule has 0 unspecified atom stereocenters. The molecule has 2 fully saturated rings. The van der Waals surface area contributed by atoms with Gasteiger partial charge in [-0.25, -0.2) is 0 Å². The van der Waals surface area contributed by atoms with Crippen LogP contribution in [0.3, 0.4) is 0 Å². The second kappa shape index (κ2) is 8.85. The number of hydrogen-bond donors (Lipinski definition) is 2. The van der Waals surface area contributed by atoms with Crippen molar-refractivity contribution in [2.45, 2.75) is 51.0 Å². The molecule has 2 heterocycles. The minimum Gasteiger partial charge on any atom is -0.368 e. The van der Waals surface area contributed by atoms with Crippen LogP contribution in [0.5, 0.6) is 0 Å². The zero-order valence-electron chi connectivity index (χ0n) is 14.3. The van der Waals surface area contributed by atoms with Crippen molar-refractivity contribution in [2.75, 3.05) is 46.4 Å². The predicted octanol–water partition coefficient (Wildman–Crippen LogP) is 1.38. The molecule has 0 aromatic rings. The van der Waals surface area contributed by atoms with E-state index in [2.05, 4.69) is 22.5 Å². The fourth-order valence-electron chi connectivity index (χ4n) is 3.46. The summed E-state index contributed by atoms with van der Waals surface area (Å²) in [5, 5.41) is 6.36. The summed E-state index contributed by atoms with van der Waals surface area (Å²) in [5.74, 6) is 0.967. The van der Waals surface area contributed by atoms with Gasteiger partial charge in [-0.2, -0.15) is 0 Å². The van der Waals surface area contributed by atoms with Gasteiger partial charge < -0.3 is 20.3 Å². The molecule has 2 saturated heterocycles. The van der Waals surface area contributed by atoms with Gasteiger partial charge in [0.25, 0.3) is 5.91 Å². The van der Waals surface area contributed by atoms with Crippen molar-refractivity contribution in [3.63, 3.8) is 0 Å². The first-order valence-corrected chi connectivity index (χ1v) is 8.93. The van der Waals surface area contributed by atoms with Crippen LogP contribution in [0.25, 0.3) is 0 Å². The molecule has 0 aliphatic carbocycles. The molecule has 0 aromatic carbocycles. The number of likely N-dealkylation sites (tertiary alicyclic amines) is 1. The van der Waals surface area contributed by atoms with E-state index in [1.54, 1.807) is 7.11 Å². The fraction of sp³-hybridized carbons (Fsp3) is 0.941. The van der Waals surface area contributed by atoms with E-state index in [1.165, 1.54) is 32.5 Å². The summed E-state index contributed by atoms with van der Waals surface area (Å²) >= 11 is 0. The summed E-state index contributed by atoms with van der Waals surface area (Å²) in [4.78, 5) is 14.9. The number of ether oxygens (including phenoxy) is 1. The minimum absolute atomic E-state index is 0.0725. The van der Waals surface area contributed by atoms with E-state index in [9.17, 15) is 4.79 Å². The Hall–Kier alpha value is -0.650. The van der Waals surface area contributed by atoms with Crippen molar-refractivity contribution < 1.29 is 9.53 Å². The van der Waals surface area contributed by atoms with E-state index in [-0.39, 0.29) is 5.91 Å². The Labute approximate surface area is 135 Å². The molecule has 2 aliphatic heterocycles. The van der Waals surface area contributed by atoms with Gasteiger partial charge >= 0.3 is 0 Å². The first kappa shape index (κ1) is 17.7. The molecule has 128 valence electrons. The SMILES string of the molecule is COC1(C(=O)NCCCCN2CCC(C)CC2)CCNCC1. The number of piperidine rings is 2. The lowest BCUT2D eigenvalue weighted by atomic mass is 9.91. The minimum atomic E-state index is -0.603. The molecule has 2 N–H and O–H groups in total. The van der Waals surface area contributed by atoms with E-state index in [0.29, 0.717) is 0 Å². The number of carbonyl (C=O) groups excluding carboxylic acids is 1. The molecular weight excluding hydrogens is 278 g/mol. The Morgan fingerprint density at radius 3 is 2.59 bits per heavy atom. The number of hydrogen-bond acceptors (Lipinski definition) is 4. The first-order valence-electron chi connectivity index (χ1n) is 8.93. The molecular formula is C17H33N3O2. The van der Waals surface area contributed by atoms with Crippen LogP contribution < -0.4 is 10.6 Å². The lowest BCUT2D eigenvalue weighted by molar-refractivity contribution is -0.146. The quantitative estimate of drug-likeness (QED) is 0.698. The maximum absolute atomic E-state index is 12.4. The van der Waals surface area contributed by atoms with E-state index < -0.39 is 5.60 Å². The Morgan fingerprint density at radius 2 is 1.95 bits per heavy atom. The van der Waals surface area contributed by atoms with Crippen molar-refractivity contribution in [2.24, 2.45) is 5.92 Å². The molecule has 2 aliphatic rings. The number of nitrogens with one attached hydrogen (secondary N) is 2. The smallest absolute Gasteiger partial charge is 0.252 e. The normalized spacial score (nSPS) is 23.4. The Bertz CT molecular complexity index is 335. The molecule has 0 bridgehead atoms. The highest BCUT2D eigenvalue weighted by atomic mass is 16.5. The molecule has 5 nitrogen and oxygen atoms in total. The summed E-state index contributed by atoms with van der Waals surface area (Å²) in [6, 6.07) is 0. The Kier molecular flexibility index (Phi) is 7.12.